The second kappa shape index (κ2) is 5.57. The summed E-state index contributed by atoms with van der Waals surface area (Å²) in [6, 6.07) is 3.70. The molecule has 0 atom stereocenters. The molecule has 20 heavy (non-hydrogen) atoms. The van der Waals surface area contributed by atoms with Gasteiger partial charge in [0.1, 0.15) is 14.9 Å². The number of halogens is 2. The summed E-state index contributed by atoms with van der Waals surface area (Å²) in [5, 5.41) is 8.69. The lowest BCUT2D eigenvalue weighted by Crippen LogP contribution is -2.13. The van der Waals surface area contributed by atoms with Crippen LogP contribution in [0, 0.1) is 0 Å². The van der Waals surface area contributed by atoms with Crippen LogP contribution in [0.4, 0.5) is 5.69 Å². The van der Waals surface area contributed by atoms with Crippen molar-refractivity contribution in [1.29, 1.82) is 0 Å². The van der Waals surface area contributed by atoms with Crippen LogP contribution >= 0.6 is 34.5 Å². The molecule has 0 spiro atoms. The number of hydrogen-bond acceptors (Lipinski definition) is 5. The Morgan fingerprint density at radius 3 is 2.50 bits per heavy atom. The zero-order chi connectivity index (χ0) is 14.9. The van der Waals surface area contributed by atoms with Crippen LogP contribution in [0.25, 0.3) is 0 Å². The summed E-state index contributed by atoms with van der Waals surface area (Å²) < 4.78 is 26.6. The Morgan fingerprint density at radius 2 is 2.05 bits per heavy atom. The van der Waals surface area contributed by atoms with Crippen LogP contribution in [0.2, 0.25) is 8.67 Å². The van der Waals surface area contributed by atoms with Gasteiger partial charge in [0.05, 0.1) is 16.2 Å². The number of aromatic nitrogens is 1. The number of thiophene rings is 1. The number of sulfonamides is 1. The Kier molecular flexibility index (Phi) is 4.19. The third-order valence-electron chi connectivity index (χ3n) is 2.15. The molecule has 0 aliphatic rings. The number of carboxylic acids is 1. The Bertz CT molecular complexity index is 756. The number of carboxylic acid groups (broad SMARTS) is 1. The molecule has 2 N–H and O–H groups in total. The zero-order valence-electron chi connectivity index (χ0n) is 9.50. The van der Waals surface area contributed by atoms with E-state index in [-0.39, 0.29) is 24.9 Å². The summed E-state index contributed by atoms with van der Waals surface area (Å²) in [4.78, 5) is 14.1. The number of nitrogens with zero attached hydrogens (tertiary/aromatic N) is 1. The molecule has 0 aliphatic heterocycles. The fraction of sp³-hybridized carbons (Fsp3) is 0. The van der Waals surface area contributed by atoms with Gasteiger partial charge in [-0.1, -0.05) is 23.2 Å². The molecule has 2 heterocycles. The second-order valence-corrected chi connectivity index (χ2v) is 7.47. The third-order valence-corrected chi connectivity index (χ3v) is 5.28. The minimum Gasteiger partial charge on any atom is -0.477 e. The summed E-state index contributed by atoms with van der Waals surface area (Å²) in [6.45, 7) is 0. The number of nitrogens with one attached hydrogen (secondary N) is 1. The molecule has 2 rings (SSSR count). The molecule has 106 valence electrons. The third kappa shape index (κ3) is 3.21. The first-order valence-electron chi connectivity index (χ1n) is 4.96. The fourth-order valence-corrected chi connectivity index (χ4v) is 4.49. The van der Waals surface area contributed by atoms with E-state index < -0.39 is 16.0 Å². The van der Waals surface area contributed by atoms with Gasteiger partial charge in [0.15, 0.2) is 0 Å². The van der Waals surface area contributed by atoms with Crippen molar-refractivity contribution in [3.63, 3.8) is 0 Å². The van der Waals surface area contributed by atoms with Gasteiger partial charge in [-0.25, -0.2) is 18.2 Å². The van der Waals surface area contributed by atoms with Gasteiger partial charge in [-0.15, -0.1) is 11.3 Å². The molecule has 0 fully saturated rings. The maximum Gasteiger partial charge on any atom is 0.354 e. The average molecular weight is 353 g/mol. The van der Waals surface area contributed by atoms with Crippen molar-refractivity contribution in [3.05, 3.63) is 38.8 Å². The minimum atomic E-state index is -3.90. The molecular weight excluding hydrogens is 347 g/mol. The van der Waals surface area contributed by atoms with Crippen molar-refractivity contribution in [2.45, 2.75) is 4.90 Å². The van der Waals surface area contributed by atoms with E-state index in [1.807, 2.05) is 0 Å². The van der Waals surface area contributed by atoms with Gasteiger partial charge in [0.25, 0.3) is 10.0 Å². The van der Waals surface area contributed by atoms with Crippen LogP contribution in [0.3, 0.4) is 0 Å². The number of rotatable bonds is 4. The first kappa shape index (κ1) is 15.0. The highest BCUT2D eigenvalue weighted by molar-refractivity contribution is 7.93. The van der Waals surface area contributed by atoms with E-state index in [4.69, 9.17) is 28.3 Å². The number of anilines is 1. The minimum absolute atomic E-state index is 0.0395. The molecule has 2 aromatic heterocycles. The van der Waals surface area contributed by atoms with Gasteiger partial charge in [0, 0.05) is 0 Å². The van der Waals surface area contributed by atoms with Gasteiger partial charge in [-0.2, -0.15) is 0 Å². The van der Waals surface area contributed by atoms with E-state index in [0.717, 1.165) is 17.5 Å². The molecule has 0 bridgehead atoms. The monoisotopic (exact) mass is 352 g/mol. The second-order valence-electron chi connectivity index (χ2n) is 3.53. The molecule has 0 aromatic carbocycles. The van der Waals surface area contributed by atoms with Crippen LogP contribution in [0.15, 0.2) is 29.3 Å². The average Bonchev–Trinajstić information content (AvgIpc) is 2.69. The number of carbonyl (C=O) groups is 1. The molecule has 0 amide bonds. The Hall–Kier alpha value is -1.35. The Morgan fingerprint density at radius 1 is 1.35 bits per heavy atom. The van der Waals surface area contributed by atoms with E-state index >= 15 is 0 Å². The lowest BCUT2D eigenvalue weighted by Gasteiger charge is -2.06. The van der Waals surface area contributed by atoms with Gasteiger partial charge in [-0.3, -0.25) is 4.72 Å². The van der Waals surface area contributed by atoms with Crippen molar-refractivity contribution in [2.75, 3.05) is 4.72 Å². The normalized spacial score (nSPS) is 11.3. The van der Waals surface area contributed by atoms with Gasteiger partial charge >= 0.3 is 5.97 Å². The molecule has 0 saturated carbocycles. The van der Waals surface area contributed by atoms with E-state index in [1.54, 1.807) is 0 Å². The Balaban J connectivity index is 2.28. The number of pyridine rings is 1. The quantitative estimate of drug-likeness (QED) is 0.881. The van der Waals surface area contributed by atoms with Crippen LogP contribution in [-0.4, -0.2) is 24.5 Å². The molecule has 6 nitrogen and oxygen atoms in total. The van der Waals surface area contributed by atoms with E-state index in [0.29, 0.717) is 0 Å². The first-order valence-corrected chi connectivity index (χ1v) is 8.02. The maximum atomic E-state index is 12.1. The van der Waals surface area contributed by atoms with Gasteiger partial charge < -0.3 is 5.11 Å². The lowest BCUT2D eigenvalue weighted by atomic mass is 10.3. The largest absolute Gasteiger partial charge is 0.477 e. The van der Waals surface area contributed by atoms with Crippen LogP contribution in [0.5, 0.6) is 0 Å². The fourth-order valence-electron chi connectivity index (χ4n) is 1.30. The van der Waals surface area contributed by atoms with Crippen molar-refractivity contribution >= 4 is 56.2 Å². The van der Waals surface area contributed by atoms with Crippen LogP contribution in [-0.2, 0) is 10.0 Å². The maximum absolute atomic E-state index is 12.1. The summed E-state index contributed by atoms with van der Waals surface area (Å²) in [7, 11) is -3.90. The SMILES string of the molecule is O=C(O)c1ccc(NS(=O)(=O)c2cc(Cl)sc2Cl)cn1. The van der Waals surface area contributed by atoms with Crippen molar-refractivity contribution in [3.8, 4) is 0 Å². The van der Waals surface area contributed by atoms with Crippen molar-refractivity contribution < 1.29 is 18.3 Å². The summed E-state index contributed by atoms with van der Waals surface area (Å²) in [6.07, 6.45) is 1.10. The van der Waals surface area contributed by atoms with Gasteiger partial charge in [0.2, 0.25) is 0 Å². The van der Waals surface area contributed by atoms with E-state index in [1.165, 1.54) is 18.2 Å². The molecule has 10 heteroatoms. The number of aromatic carboxylic acids is 1. The lowest BCUT2D eigenvalue weighted by molar-refractivity contribution is 0.0690. The topological polar surface area (TPSA) is 96.4 Å². The highest BCUT2D eigenvalue weighted by atomic mass is 35.5. The summed E-state index contributed by atoms with van der Waals surface area (Å²) in [5.74, 6) is -1.20. The zero-order valence-corrected chi connectivity index (χ0v) is 12.6. The van der Waals surface area contributed by atoms with E-state index in [2.05, 4.69) is 9.71 Å². The molecule has 0 radical (unpaired) electrons. The van der Waals surface area contributed by atoms with Gasteiger partial charge in [-0.05, 0) is 18.2 Å². The first-order chi connectivity index (χ1) is 9.29. The highest BCUT2D eigenvalue weighted by Crippen LogP contribution is 2.34. The number of hydrogen-bond donors (Lipinski definition) is 2. The Labute approximate surface area is 128 Å². The smallest absolute Gasteiger partial charge is 0.354 e. The van der Waals surface area contributed by atoms with Crippen LogP contribution < -0.4 is 4.72 Å². The van der Waals surface area contributed by atoms with E-state index in [9.17, 15) is 13.2 Å². The standard InChI is InChI=1S/C10H6Cl2N2O4S2/c11-8-3-7(9(12)19-8)20(17,18)14-5-1-2-6(10(15)16)13-4-5/h1-4,14H,(H,15,16). The molecular formula is C10H6Cl2N2O4S2. The predicted octanol–water partition coefficient (Wildman–Crippen LogP) is 2.95. The summed E-state index contributed by atoms with van der Waals surface area (Å²) in [5.41, 5.74) is -0.0713. The molecule has 0 aliphatic carbocycles. The molecule has 0 unspecified atom stereocenters. The highest BCUT2D eigenvalue weighted by Gasteiger charge is 2.21. The van der Waals surface area contributed by atoms with Crippen molar-refractivity contribution in [2.24, 2.45) is 0 Å². The van der Waals surface area contributed by atoms with Crippen molar-refractivity contribution in [1.82, 2.24) is 4.98 Å². The van der Waals surface area contributed by atoms with Crippen LogP contribution in [0.1, 0.15) is 10.5 Å². The molecule has 2 aromatic rings. The molecule has 0 saturated heterocycles. The summed E-state index contributed by atoms with van der Waals surface area (Å²) >= 11 is 12.4. The predicted molar refractivity (Wildman–Crippen MR) is 76.3 cm³/mol.